The van der Waals surface area contributed by atoms with Gasteiger partial charge in [-0.2, -0.15) is 0 Å². The second-order valence-corrected chi connectivity index (χ2v) is 8.05. The zero-order valence-corrected chi connectivity index (χ0v) is 18.1. The number of nitrogens with zero attached hydrogens (tertiary/aromatic N) is 2. The number of urea groups is 1. The second kappa shape index (κ2) is 9.12. The van der Waals surface area contributed by atoms with Gasteiger partial charge in [0, 0.05) is 11.4 Å². The van der Waals surface area contributed by atoms with Crippen LogP contribution in [0.4, 0.5) is 9.93 Å². The number of benzene rings is 1. The van der Waals surface area contributed by atoms with Crippen LogP contribution in [0.2, 0.25) is 0 Å². The SMILES string of the molecule is COc1ccc(CCN2C(=O)N[C@@H](CC(=O)Nc3nc(C)c(C)s3)C2=O)cc1OC. The van der Waals surface area contributed by atoms with Gasteiger partial charge in [0.15, 0.2) is 16.6 Å². The molecule has 0 bridgehead atoms. The maximum Gasteiger partial charge on any atom is 0.324 e. The van der Waals surface area contributed by atoms with E-state index in [1.54, 1.807) is 26.4 Å². The lowest BCUT2D eigenvalue weighted by atomic mass is 10.1. The van der Waals surface area contributed by atoms with Gasteiger partial charge in [-0.15, -0.1) is 11.3 Å². The van der Waals surface area contributed by atoms with Crippen molar-refractivity contribution in [2.75, 3.05) is 26.1 Å². The second-order valence-electron chi connectivity index (χ2n) is 6.84. The van der Waals surface area contributed by atoms with Crippen molar-refractivity contribution < 1.29 is 23.9 Å². The number of anilines is 1. The Kier molecular flexibility index (Phi) is 6.56. The van der Waals surface area contributed by atoms with Crippen molar-refractivity contribution in [1.29, 1.82) is 0 Å². The molecular weight excluding hydrogens is 408 g/mol. The van der Waals surface area contributed by atoms with Crippen molar-refractivity contribution in [1.82, 2.24) is 15.2 Å². The Balaban J connectivity index is 1.57. The molecule has 2 N–H and O–H groups in total. The fourth-order valence-corrected chi connectivity index (χ4v) is 3.92. The molecule has 1 aromatic heterocycles. The molecular formula is C20H24N4O5S. The molecule has 0 spiro atoms. The van der Waals surface area contributed by atoms with Crippen molar-refractivity contribution in [3.05, 3.63) is 34.3 Å². The molecule has 0 radical (unpaired) electrons. The lowest BCUT2D eigenvalue weighted by molar-refractivity contribution is -0.129. The third-order valence-electron chi connectivity index (χ3n) is 4.84. The molecule has 0 aliphatic carbocycles. The van der Waals surface area contributed by atoms with Crippen LogP contribution in [0, 0.1) is 13.8 Å². The summed E-state index contributed by atoms with van der Waals surface area (Å²) >= 11 is 1.37. The van der Waals surface area contributed by atoms with Gasteiger partial charge < -0.3 is 20.1 Å². The van der Waals surface area contributed by atoms with E-state index in [1.807, 2.05) is 19.9 Å². The summed E-state index contributed by atoms with van der Waals surface area (Å²) in [4.78, 5) is 43.5. The van der Waals surface area contributed by atoms with Gasteiger partial charge in [-0.05, 0) is 38.0 Å². The quantitative estimate of drug-likeness (QED) is 0.620. The van der Waals surface area contributed by atoms with E-state index in [0.717, 1.165) is 21.0 Å². The first-order chi connectivity index (χ1) is 14.3. The van der Waals surface area contributed by atoms with Crippen LogP contribution in [0.3, 0.4) is 0 Å². The van der Waals surface area contributed by atoms with Gasteiger partial charge in [-0.1, -0.05) is 6.07 Å². The Morgan fingerprint density at radius 2 is 1.97 bits per heavy atom. The number of rotatable bonds is 8. The van der Waals surface area contributed by atoms with E-state index in [1.165, 1.54) is 11.3 Å². The number of hydrogen-bond donors (Lipinski definition) is 2. The molecule has 1 aliphatic heterocycles. The minimum absolute atomic E-state index is 0.144. The Bertz CT molecular complexity index is 955. The summed E-state index contributed by atoms with van der Waals surface area (Å²) in [7, 11) is 3.10. The van der Waals surface area contributed by atoms with E-state index in [9.17, 15) is 14.4 Å². The molecule has 30 heavy (non-hydrogen) atoms. The molecule has 1 fully saturated rings. The van der Waals surface area contributed by atoms with Crippen LogP contribution in [0.5, 0.6) is 11.5 Å². The maximum absolute atomic E-state index is 12.6. The summed E-state index contributed by atoms with van der Waals surface area (Å²) in [6, 6.07) is 4.04. The number of carbonyl (C=O) groups excluding carboxylic acids is 3. The lowest BCUT2D eigenvalue weighted by Gasteiger charge is -2.14. The highest BCUT2D eigenvalue weighted by molar-refractivity contribution is 7.15. The van der Waals surface area contributed by atoms with Crippen LogP contribution in [-0.2, 0) is 16.0 Å². The average Bonchev–Trinajstić information content (AvgIpc) is 3.16. The summed E-state index contributed by atoms with van der Waals surface area (Å²) in [5.74, 6) is 0.397. The minimum atomic E-state index is -0.884. The highest BCUT2D eigenvalue weighted by Crippen LogP contribution is 2.28. The highest BCUT2D eigenvalue weighted by atomic mass is 32.1. The molecule has 1 aliphatic rings. The van der Waals surface area contributed by atoms with Crippen LogP contribution in [0.25, 0.3) is 0 Å². The van der Waals surface area contributed by atoms with Gasteiger partial charge in [0.25, 0.3) is 5.91 Å². The third-order valence-corrected chi connectivity index (χ3v) is 5.83. The third kappa shape index (κ3) is 4.70. The molecule has 2 heterocycles. The summed E-state index contributed by atoms with van der Waals surface area (Å²) < 4.78 is 10.5. The predicted octanol–water partition coefficient (Wildman–Crippen LogP) is 2.27. The van der Waals surface area contributed by atoms with E-state index in [0.29, 0.717) is 23.1 Å². The fourth-order valence-electron chi connectivity index (χ4n) is 3.09. The molecule has 0 saturated carbocycles. The zero-order valence-electron chi connectivity index (χ0n) is 17.3. The summed E-state index contributed by atoms with van der Waals surface area (Å²) in [5, 5.41) is 5.75. The molecule has 4 amide bonds. The number of aromatic nitrogens is 1. The van der Waals surface area contributed by atoms with Gasteiger partial charge >= 0.3 is 6.03 Å². The number of carbonyl (C=O) groups is 3. The number of nitrogens with one attached hydrogen (secondary N) is 2. The fraction of sp³-hybridized carbons (Fsp3) is 0.400. The monoisotopic (exact) mass is 432 g/mol. The van der Waals surface area contributed by atoms with Crippen molar-refractivity contribution >= 4 is 34.3 Å². The number of amides is 4. The lowest BCUT2D eigenvalue weighted by Crippen LogP contribution is -2.34. The van der Waals surface area contributed by atoms with Gasteiger partial charge in [0.2, 0.25) is 5.91 Å². The average molecular weight is 433 g/mol. The van der Waals surface area contributed by atoms with Crippen molar-refractivity contribution in [3.63, 3.8) is 0 Å². The molecule has 9 nitrogen and oxygen atoms in total. The number of imide groups is 1. The summed E-state index contributed by atoms with van der Waals surface area (Å²) in [6.45, 7) is 3.97. The Labute approximate surface area is 178 Å². The minimum Gasteiger partial charge on any atom is -0.493 e. The number of methoxy groups -OCH3 is 2. The topological polar surface area (TPSA) is 110 Å². The number of aryl methyl sites for hydroxylation is 2. The first-order valence-corrected chi connectivity index (χ1v) is 10.2. The van der Waals surface area contributed by atoms with Gasteiger partial charge in [0.1, 0.15) is 6.04 Å². The molecule has 160 valence electrons. The first-order valence-electron chi connectivity index (χ1n) is 9.39. The van der Waals surface area contributed by atoms with Crippen LogP contribution in [0.1, 0.15) is 22.6 Å². The first kappa shape index (κ1) is 21.6. The largest absolute Gasteiger partial charge is 0.493 e. The summed E-state index contributed by atoms with van der Waals surface area (Å²) in [6.07, 6.45) is 0.311. The molecule has 1 saturated heterocycles. The smallest absolute Gasteiger partial charge is 0.324 e. The van der Waals surface area contributed by atoms with Crippen LogP contribution >= 0.6 is 11.3 Å². The van der Waals surface area contributed by atoms with E-state index in [2.05, 4.69) is 15.6 Å². The highest BCUT2D eigenvalue weighted by Gasteiger charge is 2.38. The van der Waals surface area contributed by atoms with Crippen LogP contribution < -0.4 is 20.1 Å². The Morgan fingerprint density at radius 1 is 1.23 bits per heavy atom. The number of thiazole rings is 1. The maximum atomic E-state index is 12.6. The van der Waals surface area contributed by atoms with Crippen molar-refractivity contribution in [2.24, 2.45) is 0 Å². The van der Waals surface area contributed by atoms with E-state index >= 15 is 0 Å². The van der Waals surface area contributed by atoms with Gasteiger partial charge in [-0.3, -0.25) is 14.5 Å². The number of ether oxygens (including phenoxy) is 2. The molecule has 10 heteroatoms. The van der Waals surface area contributed by atoms with E-state index < -0.39 is 18.0 Å². The molecule has 2 aromatic rings. The van der Waals surface area contributed by atoms with E-state index in [4.69, 9.17) is 9.47 Å². The van der Waals surface area contributed by atoms with Gasteiger partial charge in [-0.25, -0.2) is 9.78 Å². The predicted molar refractivity (Wildman–Crippen MR) is 112 cm³/mol. The zero-order chi connectivity index (χ0) is 21.8. The van der Waals surface area contributed by atoms with Crippen LogP contribution in [0.15, 0.2) is 18.2 Å². The van der Waals surface area contributed by atoms with Crippen molar-refractivity contribution in [2.45, 2.75) is 32.7 Å². The number of hydrogen-bond acceptors (Lipinski definition) is 7. The Morgan fingerprint density at radius 3 is 2.60 bits per heavy atom. The normalized spacial score (nSPS) is 15.9. The standard InChI is InChI=1S/C20H24N4O5S/c1-11-12(2)30-19(21-11)23-17(25)10-14-18(26)24(20(27)22-14)8-7-13-5-6-15(28-3)16(9-13)29-4/h5-6,9,14H,7-8,10H2,1-4H3,(H,22,27)(H,21,23,25)/t14-/m0/s1. The van der Waals surface area contributed by atoms with Gasteiger partial charge in [0.05, 0.1) is 26.3 Å². The van der Waals surface area contributed by atoms with Crippen LogP contribution in [-0.4, -0.2) is 54.5 Å². The molecule has 1 aromatic carbocycles. The Hall–Kier alpha value is -3.14. The summed E-state index contributed by atoms with van der Waals surface area (Å²) in [5.41, 5.74) is 1.74. The van der Waals surface area contributed by atoms with E-state index in [-0.39, 0.29) is 18.9 Å². The molecule has 0 unspecified atom stereocenters. The van der Waals surface area contributed by atoms with Crippen molar-refractivity contribution in [3.8, 4) is 11.5 Å². The molecule has 1 atom stereocenters. The molecule has 3 rings (SSSR count).